The van der Waals surface area contributed by atoms with Gasteiger partial charge in [-0.15, -0.1) is 0 Å². The van der Waals surface area contributed by atoms with Gasteiger partial charge in [-0.2, -0.15) is 9.61 Å². The lowest BCUT2D eigenvalue weighted by Crippen LogP contribution is -2.34. The van der Waals surface area contributed by atoms with E-state index in [0.29, 0.717) is 0 Å². The number of hydrogen-bond donors (Lipinski definition) is 0. The zero-order chi connectivity index (χ0) is 17.6. The second-order valence-corrected chi connectivity index (χ2v) is 7.58. The van der Waals surface area contributed by atoms with Crippen LogP contribution in [0.2, 0.25) is 5.02 Å². The first kappa shape index (κ1) is 16.4. The Bertz CT molecular complexity index is 923. The minimum atomic E-state index is 0.725. The van der Waals surface area contributed by atoms with Crippen LogP contribution in [0.3, 0.4) is 0 Å². The molecule has 25 heavy (non-hydrogen) atoms. The van der Waals surface area contributed by atoms with E-state index in [1.165, 1.54) is 12.8 Å². The maximum atomic E-state index is 6.18. The molecule has 1 aliphatic heterocycles. The molecule has 1 saturated heterocycles. The highest BCUT2D eigenvalue weighted by molar-refractivity contribution is 6.30. The zero-order valence-electron chi connectivity index (χ0n) is 15.0. The zero-order valence-corrected chi connectivity index (χ0v) is 15.7. The standard InChI is InChI=1S/C20H23ClN4/c1-13-7-9-24(10-8-13)18-11-14(2)22-20-15(3)19(23-25(18)20)16-5-4-6-17(21)12-16/h4-6,11-13H,7-10H2,1-3H3. The van der Waals surface area contributed by atoms with Gasteiger partial charge in [-0.05, 0) is 44.7 Å². The average Bonchev–Trinajstić information content (AvgIpc) is 2.92. The van der Waals surface area contributed by atoms with Crippen molar-refractivity contribution in [2.75, 3.05) is 18.0 Å². The van der Waals surface area contributed by atoms with Crippen molar-refractivity contribution in [3.8, 4) is 11.3 Å². The van der Waals surface area contributed by atoms with Gasteiger partial charge in [0.25, 0.3) is 0 Å². The first-order chi connectivity index (χ1) is 12.0. The third kappa shape index (κ3) is 2.99. The normalized spacial score (nSPS) is 15.9. The Morgan fingerprint density at radius 3 is 2.60 bits per heavy atom. The van der Waals surface area contributed by atoms with Gasteiger partial charge >= 0.3 is 0 Å². The van der Waals surface area contributed by atoms with Gasteiger partial charge in [0.1, 0.15) is 5.82 Å². The Hall–Kier alpha value is -2.07. The molecule has 3 aromatic rings. The molecule has 2 aromatic heterocycles. The molecule has 0 N–H and O–H groups in total. The third-order valence-electron chi connectivity index (χ3n) is 5.13. The first-order valence-corrected chi connectivity index (χ1v) is 9.28. The highest BCUT2D eigenvalue weighted by Gasteiger charge is 2.21. The minimum Gasteiger partial charge on any atom is -0.356 e. The molecule has 1 aromatic carbocycles. The van der Waals surface area contributed by atoms with Crippen molar-refractivity contribution in [3.63, 3.8) is 0 Å². The molecule has 1 aliphatic rings. The van der Waals surface area contributed by atoms with Crippen LogP contribution in [-0.4, -0.2) is 27.7 Å². The lowest BCUT2D eigenvalue weighted by molar-refractivity contribution is 0.435. The summed E-state index contributed by atoms with van der Waals surface area (Å²) in [4.78, 5) is 7.20. The van der Waals surface area contributed by atoms with E-state index in [0.717, 1.165) is 58.0 Å². The van der Waals surface area contributed by atoms with Gasteiger partial charge in [-0.25, -0.2) is 4.98 Å². The maximum Gasteiger partial charge on any atom is 0.161 e. The summed E-state index contributed by atoms with van der Waals surface area (Å²) in [5.41, 5.74) is 5.04. The summed E-state index contributed by atoms with van der Waals surface area (Å²) in [5.74, 6) is 1.95. The van der Waals surface area contributed by atoms with Gasteiger partial charge in [0.05, 0.1) is 5.69 Å². The van der Waals surface area contributed by atoms with Crippen LogP contribution in [0.4, 0.5) is 5.82 Å². The predicted molar refractivity (Wildman–Crippen MR) is 104 cm³/mol. The summed E-state index contributed by atoms with van der Waals surface area (Å²) < 4.78 is 2.01. The Balaban J connectivity index is 1.86. The molecule has 130 valence electrons. The number of fused-ring (bicyclic) bond motifs is 1. The Kier molecular flexibility index (Phi) is 4.16. The summed E-state index contributed by atoms with van der Waals surface area (Å²) in [5, 5.41) is 5.64. The fourth-order valence-electron chi connectivity index (χ4n) is 3.60. The van der Waals surface area contributed by atoms with Gasteiger partial charge in [0.15, 0.2) is 5.65 Å². The Morgan fingerprint density at radius 1 is 1.12 bits per heavy atom. The fourth-order valence-corrected chi connectivity index (χ4v) is 3.79. The summed E-state index contributed by atoms with van der Waals surface area (Å²) in [6, 6.07) is 10.0. The summed E-state index contributed by atoms with van der Waals surface area (Å²) in [7, 11) is 0. The highest BCUT2D eigenvalue weighted by atomic mass is 35.5. The Morgan fingerprint density at radius 2 is 1.88 bits per heavy atom. The monoisotopic (exact) mass is 354 g/mol. The van der Waals surface area contributed by atoms with Crippen LogP contribution >= 0.6 is 11.6 Å². The van der Waals surface area contributed by atoms with Gasteiger partial charge < -0.3 is 4.90 Å². The van der Waals surface area contributed by atoms with Gasteiger partial charge in [-0.3, -0.25) is 0 Å². The van der Waals surface area contributed by atoms with E-state index in [4.69, 9.17) is 21.7 Å². The number of benzene rings is 1. The van der Waals surface area contributed by atoms with E-state index < -0.39 is 0 Å². The molecule has 1 fully saturated rings. The van der Waals surface area contributed by atoms with Crippen LogP contribution in [0, 0.1) is 19.8 Å². The summed E-state index contributed by atoms with van der Waals surface area (Å²) >= 11 is 6.18. The van der Waals surface area contributed by atoms with E-state index in [-0.39, 0.29) is 0 Å². The maximum absolute atomic E-state index is 6.18. The van der Waals surface area contributed by atoms with Crippen molar-refractivity contribution in [2.45, 2.75) is 33.6 Å². The SMILES string of the molecule is Cc1cc(N2CCC(C)CC2)n2nc(-c3cccc(Cl)c3)c(C)c2n1. The van der Waals surface area contributed by atoms with E-state index in [1.807, 2.05) is 22.7 Å². The molecule has 0 unspecified atom stereocenters. The molecular weight excluding hydrogens is 332 g/mol. The van der Waals surface area contributed by atoms with Crippen LogP contribution in [0.15, 0.2) is 30.3 Å². The van der Waals surface area contributed by atoms with Crippen molar-refractivity contribution in [3.05, 3.63) is 46.6 Å². The minimum absolute atomic E-state index is 0.725. The quantitative estimate of drug-likeness (QED) is 0.656. The number of nitrogens with zero attached hydrogens (tertiary/aromatic N) is 4. The number of halogens is 1. The van der Waals surface area contributed by atoms with E-state index >= 15 is 0 Å². The van der Waals surface area contributed by atoms with Crippen LogP contribution in [0.1, 0.15) is 31.0 Å². The number of anilines is 1. The molecule has 0 radical (unpaired) electrons. The molecule has 4 rings (SSSR count). The molecule has 0 spiro atoms. The van der Waals surface area contributed by atoms with E-state index in [9.17, 15) is 0 Å². The van der Waals surface area contributed by atoms with E-state index in [2.05, 4.69) is 37.8 Å². The van der Waals surface area contributed by atoms with Crippen molar-refractivity contribution in [1.29, 1.82) is 0 Å². The van der Waals surface area contributed by atoms with Gasteiger partial charge in [0.2, 0.25) is 0 Å². The molecule has 0 bridgehead atoms. The third-order valence-corrected chi connectivity index (χ3v) is 5.37. The lowest BCUT2D eigenvalue weighted by Gasteiger charge is -2.32. The van der Waals surface area contributed by atoms with Gasteiger partial charge in [-0.1, -0.05) is 30.7 Å². The second kappa shape index (κ2) is 6.34. The largest absolute Gasteiger partial charge is 0.356 e. The summed E-state index contributed by atoms with van der Waals surface area (Å²) in [6.07, 6.45) is 2.45. The summed E-state index contributed by atoms with van der Waals surface area (Å²) in [6.45, 7) is 8.63. The van der Waals surface area contributed by atoms with Crippen molar-refractivity contribution >= 4 is 23.1 Å². The molecule has 0 saturated carbocycles. The van der Waals surface area contributed by atoms with Crippen LogP contribution in [-0.2, 0) is 0 Å². The molecule has 3 heterocycles. The fraction of sp³-hybridized carbons (Fsp3) is 0.400. The molecule has 0 amide bonds. The van der Waals surface area contributed by atoms with Crippen LogP contribution < -0.4 is 4.90 Å². The predicted octanol–water partition coefficient (Wildman–Crippen LogP) is 4.90. The molecule has 5 heteroatoms. The van der Waals surface area contributed by atoms with Crippen molar-refractivity contribution < 1.29 is 0 Å². The van der Waals surface area contributed by atoms with Crippen molar-refractivity contribution in [2.24, 2.45) is 5.92 Å². The smallest absolute Gasteiger partial charge is 0.161 e. The number of rotatable bonds is 2. The van der Waals surface area contributed by atoms with Crippen LogP contribution in [0.25, 0.3) is 16.9 Å². The number of aryl methyl sites for hydroxylation is 2. The number of piperidine rings is 1. The average molecular weight is 355 g/mol. The first-order valence-electron chi connectivity index (χ1n) is 8.91. The topological polar surface area (TPSA) is 33.4 Å². The number of hydrogen-bond acceptors (Lipinski definition) is 3. The molecular formula is C20H23ClN4. The second-order valence-electron chi connectivity index (χ2n) is 7.14. The van der Waals surface area contributed by atoms with E-state index in [1.54, 1.807) is 0 Å². The van der Waals surface area contributed by atoms with Crippen LogP contribution in [0.5, 0.6) is 0 Å². The molecule has 0 atom stereocenters. The Labute approximate surface area is 153 Å². The van der Waals surface area contributed by atoms with Crippen molar-refractivity contribution in [1.82, 2.24) is 14.6 Å². The number of aromatic nitrogens is 3. The highest BCUT2D eigenvalue weighted by Crippen LogP contribution is 2.30. The van der Waals surface area contributed by atoms with Gasteiger partial charge in [0, 0.05) is 41.0 Å². The molecule has 4 nitrogen and oxygen atoms in total. The molecule has 0 aliphatic carbocycles. The lowest BCUT2D eigenvalue weighted by atomic mass is 9.99.